The molecule has 3 rings (SSSR count). The summed E-state index contributed by atoms with van der Waals surface area (Å²) in [6, 6.07) is 22.4. The van der Waals surface area contributed by atoms with Gasteiger partial charge in [0.1, 0.15) is 5.75 Å². The first-order valence-corrected chi connectivity index (χ1v) is 8.08. The van der Waals surface area contributed by atoms with Gasteiger partial charge in [-0.25, -0.2) is 5.43 Å². The number of nitriles is 1. The van der Waals surface area contributed by atoms with E-state index in [-0.39, 0.29) is 0 Å². The topological polar surface area (TPSA) is 74.5 Å². The lowest BCUT2D eigenvalue weighted by Crippen LogP contribution is -2.24. The van der Waals surface area contributed by atoms with Crippen molar-refractivity contribution in [2.45, 2.75) is 5.92 Å². The molecule has 5 heteroatoms. The van der Waals surface area contributed by atoms with E-state index in [0.717, 1.165) is 22.1 Å². The Kier molecular flexibility index (Phi) is 5.25. The molecule has 1 N–H and O–H groups in total. The molecule has 0 aliphatic heterocycles. The Morgan fingerprint density at radius 1 is 1.08 bits per heavy atom. The van der Waals surface area contributed by atoms with Gasteiger partial charge in [0.15, 0.2) is 5.92 Å². The van der Waals surface area contributed by atoms with Crippen LogP contribution in [0.1, 0.15) is 17.0 Å². The summed E-state index contributed by atoms with van der Waals surface area (Å²) in [4.78, 5) is 12.3. The zero-order chi connectivity index (χ0) is 18.4. The lowest BCUT2D eigenvalue weighted by atomic mass is 10.0. The summed E-state index contributed by atoms with van der Waals surface area (Å²) >= 11 is 0. The van der Waals surface area contributed by atoms with Crippen LogP contribution in [0.15, 0.2) is 71.8 Å². The number of nitrogens with one attached hydrogen (secondary N) is 1. The van der Waals surface area contributed by atoms with Crippen molar-refractivity contribution in [1.29, 1.82) is 5.26 Å². The Balaban J connectivity index is 1.80. The highest BCUT2D eigenvalue weighted by Crippen LogP contribution is 2.27. The number of fused-ring (bicyclic) bond motifs is 1. The van der Waals surface area contributed by atoms with Crippen molar-refractivity contribution in [3.05, 3.63) is 77.9 Å². The van der Waals surface area contributed by atoms with E-state index >= 15 is 0 Å². The third-order valence-electron chi connectivity index (χ3n) is 4.04. The molecule has 5 nitrogen and oxygen atoms in total. The molecule has 0 aromatic heterocycles. The molecule has 128 valence electrons. The number of hydrogen-bond donors (Lipinski definition) is 1. The molecule has 0 heterocycles. The van der Waals surface area contributed by atoms with Gasteiger partial charge in [0, 0.05) is 10.9 Å². The molecule has 26 heavy (non-hydrogen) atoms. The average molecular weight is 343 g/mol. The number of hydrazone groups is 1. The first kappa shape index (κ1) is 17.2. The second kappa shape index (κ2) is 7.95. The van der Waals surface area contributed by atoms with Gasteiger partial charge in [0.05, 0.1) is 19.4 Å². The number of ether oxygens (including phenoxy) is 1. The summed E-state index contributed by atoms with van der Waals surface area (Å²) in [7, 11) is 1.63. The van der Waals surface area contributed by atoms with E-state index in [1.54, 1.807) is 37.6 Å². The van der Waals surface area contributed by atoms with Gasteiger partial charge in [-0.2, -0.15) is 10.4 Å². The second-order valence-corrected chi connectivity index (χ2v) is 5.61. The predicted molar refractivity (Wildman–Crippen MR) is 101 cm³/mol. The molecule has 1 atom stereocenters. The Morgan fingerprint density at radius 3 is 2.46 bits per heavy atom. The molecule has 0 aliphatic carbocycles. The maximum absolute atomic E-state index is 12.3. The molecule has 0 aliphatic rings. The van der Waals surface area contributed by atoms with E-state index in [9.17, 15) is 10.1 Å². The minimum absolute atomic E-state index is 0.465. The van der Waals surface area contributed by atoms with Gasteiger partial charge in [-0.3, -0.25) is 4.79 Å². The average Bonchev–Trinajstić information content (AvgIpc) is 2.69. The first-order chi connectivity index (χ1) is 12.7. The maximum atomic E-state index is 12.3. The molecule has 3 aromatic carbocycles. The summed E-state index contributed by atoms with van der Waals surface area (Å²) in [6.45, 7) is 0. The lowest BCUT2D eigenvalue weighted by Gasteiger charge is -2.08. The van der Waals surface area contributed by atoms with Crippen LogP contribution < -0.4 is 10.2 Å². The Hall–Kier alpha value is -3.65. The largest absolute Gasteiger partial charge is 0.496 e. The van der Waals surface area contributed by atoms with Crippen LogP contribution in [0.3, 0.4) is 0 Å². The van der Waals surface area contributed by atoms with Gasteiger partial charge >= 0.3 is 0 Å². The Bertz CT molecular complexity index is 991. The molecule has 1 amide bonds. The lowest BCUT2D eigenvalue weighted by molar-refractivity contribution is -0.121. The van der Waals surface area contributed by atoms with Gasteiger partial charge < -0.3 is 4.74 Å². The standard InChI is InChI=1S/C21H17N3O2/c1-26-20-12-11-16(17-9-5-6-10-18(17)20)14-23-24-21(25)19(13-22)15-7-3-2-4-8-15/h2-12,14,19H,1H3,(H,24,25)/b23-14-/t19-/m0/s1. The van der Waals surface area contributed by atoms with Crippen LogP contribution >= 0.6 is 0 Å². The van der Waals surface area contributed by atoms with Gasteiger partial charge in [-0.15, -0.1) is 0 Å². The number of carbonyl (C=O) groups is 1. The van der Waals surface area contributed by atoms with Gasteiger partial charge in [-0.1, -0.05) is 54.6 Å². The highest BCUT2D eigenvalue weighted by molar-refractivity contribution is 6.02. The van der Waals surface area contributed by atoms with Crippen molar-refractivity contribution in [3.63, 3.8) is 0 Å². The minimum Gasteiger partial charge on any atom is -0.496 e. The number of rotatable bonds is 5. The Labute approximate surface area is 151 Å². The quantitative estimate of drug-likeness (QED) is 0.568. The van der Waals surface area contributed by atoms with E-state index in [2.05, 4.69) is 10.5 Å². The number of amides is 1. The van der Waals surface area contributed by atoms with Crippen molar-refractivity contribution in [2.75, 3.05) is 7.11 Å². The number of nitrogens with zero attached hydrogens (tertiary/aromatic N) is 2. The van der Waals surface area contributed by atoms with E-state index in [4.69, 9.17) is 4.74 Å². The Morgan fingerprint density at radius 2 is 1.77 bits per heavy atom. The zero-order valence-electron chi connectivity index (χ0n) is 14.2. The van der Waals surface area contributed by atoms with Crippen LogP contribution in [0.5, 0.6) is 5.75 Å². The summed E-state index contributed by atoms with van der Waals surface area (Å²) < 4.78 is 5.37. The molecule has 0 unspecified atom stereocenters. The fraction of sp³-hybridized carbons (Fsp3) is 0.0952. The summed E-state index contributed by atoms with van der Waals surface area (Å²) in [5.74, 6) is -0.593. The molecule has 0 bridgehead atoms. The van der Waals surface area contributed by atoms with E-state index in [0.29, 0.717) is 5.56 Å². The molecular weight excluding hydrogens is 326 g/mol. The zero-order valence-corrected chi connectivity index (χ0v) is 14.2. The number of carbonyl (C=O) groups excluding carboxylic acids is 1. The monoisotopic (exact) mass is 343 g/mol. The molecule has 0 saturated heterocycles. The normalized spacial score (nSPS) is 11.8. The van der Waals surface area contributed by atoms with Crippen molar-refractivity contribution in [1.82, 2.24) is 5.43 Å². The SMILES string of the molecule is COc1ccc(/C=N\NC(=O)[C@@H](C#N)c2ccccc2)c2ccccc12. The highest BCUT2D eigenvalue weighted by Gasteiger charge is 2.19. The summed E-state index contributed by atoms with van der Waals surface area (Å²) in [5.41, 5.74) is 3.93. The van der Waals surface area contributed by atoms with Gasteiger partial charge in [-0.05, 0) is 23.1 Å². The fourth-order valence-corrected chi connectivity index (χ4v) is 2.75. The third-order valence-corrected chi connectivity index (χ3v) is 4.04. The smallest absolute Gasteiger partial charge is 0.261 e. The molecule has 0 saturated carbocycles. The molecule has 0 radical (unpaired) electrons. The molecular formula is C21H17N3O2. The van der Waals surface area contributed by atoms with Crippen LogP contribution in [0.4, 0.5) is 0 Å². The fourth-order valence-electron chi connectivity index (χ4n) is 2.75. The predicted octanol–water partition coefficient (Wildman–Crippen LogP) is 3.61. The van der Waals surface area contributed by atoms with Crippen LogP contribution in [0.25, 0.3) is 10.8 Å². The molecule has 0 spiro atoms. The van der Waals surface area contributed by atoms with Crippen LogP contribution in [-0.2, 0) is 4.79 Å². The van der Waals surface area contributed by atoms with Crippen molar-refractivity contribution in [3.8, 4) is 11.8 Å². The third kappa shape index (κ3) is 3.55. The van der Waals surface area contributed by atoms with Crippen molar-refractivity contribution in [2.24, 2.45) is 5.10 Å². The van der Waals surface area contributed by atoms with Crippen LogP contribution in [0, 0.1) is 11.3 Å². The summed E-state index contributed by atoms with van der Waals surface area (Å²) in [5, 5.41) is 15.2. The van der Waals surface area contributed by atoms with Crippen LogP contribution in [-0.4, -0.2) is 19.2 Å². The van der Waals surface area contributed by atoms with Gasteiger partial charge in [0.2, 0.25) is 0 Å². The highest BCUT2D eigenvalue weighted by atomic mass is 16.5. The van der Waals surface area contributed by atoms with Crippen molar-refractivity contribution < 1.29 is 9.53 Å². The number of benzene rings is 3. The second-order valence-electron chi connectivity index (χ2n) is 5.61. The number of hydrogen-bond acceptors (Lipinski definition) is 4. The van der Waals surface area contributed by atoms with Crippen molar-refractivity contribution >= 4 is 22.9 Å². The van der Waals surface area contributed by atoms with E-state index in [1.165, 1.54) is 0 Å². The number of methoxy groups -OCH3 is 1. The molecule has 3 aromatic rings. The first-order valence-electron chi connectivity index (χ1n) is 8.08. The van der Waals surface area contributed by atoms with E-state index in [1.807, 2.05) is 48.5 Å². The molecule has 0 fully saturated rings. The minimum atomic E-state index is -0.902. The van der Waals surface area contributed by atoms with Gasteiger partial charge in [0.25, 0.3) is 5.91 Å². The van der Waals surface area contributed by atoms with Crippen LogP contribution in [0.2, 0.25) is 0 Å². The maximum Gasteiger partial charge on any atom is 0.261 e. The van der Waals surface area contributed by atoms with E-state index < -0.39 is 11.8 Å². The summed E-state index contributed by atoms with van der Waals surface area (Å²) in [6.07, 6.45) is 1.57.